The minimum absolute atomic E-state index is 0.0671. The molecule has 0 aliphatic carbocycles. The number of hydrogen-bond acceptors (Lipinski definition) is 4. The smallest absolute Gasteiger partial charge is 0.323 e. The molecule has 1 rings (SSSR count). The minimum Gasteiger partial charge on any atom is -0.480 e. The number of primary amides is 1. The summed E-state index contributed by atoms with van der Waals surface area (Å²) in [5.74, 6) is -4.08. The Kier molecular flexibility index (Phi) is 4.79. The molecule has 0 saturated carbocycles. The molecule has 1 aromatic carbocycles. The van der Waals surface area contributed by atoms with Gasteiger partial charge in [0.05, 0.1) is 0 Å². The number of nitrogens with zero attached hydrogens (tertiary/aromatic N) is 1. The first kappa shape index (κ1) is 15.2. The lowest BCUT2D eigenvalue weighted by Gasteiger charge is -2.18. The van der Waals surface area contributed by atoms with Crippen LogP contribution in [0.15, 0.2) is 24.3 Å². The van der Waals surface area contributed by atoms with Crippen molar-refractivity contribution in [2.24, 2.45) is 5.73 Å². The van der Waals surface area contributed by atoms with E-state index < -0.39 is 36.8 Å². The van der Waals surface area contributed by atoms with Gasteiger partial charge in [-0.15, -0.1) is 0 Å². The monoisotopic (exact) mass is 280 g/mol. The Morgan fingerprint density at radius 1 is 0.900 bits per heavy atom. The predicted molar refractivity (Wildman–Crippen MR) is 66.1 cm³/mol. The molecule has 0 spiro atoms. The van der Waals surface area contributed by atoms with Crippen LogP contribution in [0.25, 0.3) is 0 Å². The van der Waals surface area contributed by atoms with Crippen LogP contribution in [0.2, 0.25) is 0 Å². The van der Waals surface area contributed by atoms with Gasteiger partial charge in [-0.25, -0.2) is 0 Å². The van der Waals surface area contributed by atoms with Crippen LogP contribution in [0.1, 0.15) is 20.7 Å². The minimum atomic E-state index is -1.33. The quantitative estimate of drug-likeness (QED) is 0.635. The molecular formula is C12H12N2O6. The fourth-order valence-electron chi connectivity index (χ4n) is 1.49. The standard InChI is InChI=1S/C12H12N2O6/c13-11(19)7-1-3-8(4-2-7)12(20)14(5-9(15)16)6-10(17)18/h1-4H,5-6H2,(H2,13,19)(H,15,16)(H,17,18). The third-order valence-electron chi connectivity index (χ3n) is 2.36. The zero-order valence-corrected chi connectivity index (χ0v) is 10.3. The van der Waals surface area contributed by atoms with Crippen molar-refractivity contribution in [1.82, 2.24) is 4.90 Å². The van der Waals surface area contributed by atoms with Gasteiger partial charge in [0, 0.05) is 11.1 Å². The van der Waals surface area contributed by atoms with Crippen LogP contribution in [0.5, 0.6) is 0 Å². The van der Waals surface area contributed by atoms with Gasteiger partial charge >= 0.3 is 11.9 Å². The predicted octanol–water partition coefficient (Wildman–Crippen LogP) is -0.603. The third kappa shape index (κ3) is 4.09. The van der Waals surface area contributed by atoms with E-state index in [4.69, 9.17) is 15.9 Å². The molecule has 0 unspecified atom stereocenters. The van der Waals surface area contributed by atoms with Gasteiger partial charge in [0.1, 0.15) is 13.1 Å². The normalized spacial score (nSPS) is 9.80. The highest BCUT2D eigenvalue weighted by Gasteiger charge is 2.21. The van der Waals surface area contributed by atoms with E-state index in [9.17, 15) is 19.2 Å². The number of carboxylic acids is 2. The summed E-state index contributed by atoms with van der Waals surface area (Å²) in [5.41, 5.74) is 5.29. The molecule has 0 heterocycles. The summed E-state index contributed by atoms with van der Waals surface area (Å²) < 4.78 is 0. The molecule has 2 amide bonds. The Hall–Kier alpha value is -2.90. The Morgan fingerprint density at radius 2 is 1.30 bits per heavy atom. The summed E-state index contributed by atoms with van der Waals surface area (Å²) in [5, 5.41) is 17.3. The van der Waals surface area contributed by atoms with Crippen molar-refractivity contribution in [1.29, 1.82) is 0 Å². The van der Waals surface area contributed by atoms with Crippen molar-refractivity contribution in [3.8, 4) is 0 Å². The van der Waals surface area contributed by atoms with Gasteiger partial charge in [-0.1, -0.05) is 0 Å². The second-order valence-corrected chi connectivity index (χ2v) is 3.89. The Labute approximate surface area is 113 Å². The highest BCUT2D eigenvalue weighted by atomic mass is 16.4. The maximum absolute atomic E-state index is 12.0. The summed E-state index contributed by atoms with van der Waals surface area (Å²) in [4.78, 5) is 44.8. The topological polar surface area (TPSA) is 138 Å². The summed E-state index contributed by atoms with van der Waals surface area (Å²) in [6.45, 7) is -1.47. The number of rotatable bonds is 6. The third-order valence-corrected chi connectivity index (χ3v) is 2.36. The lowest BCUT2D eigenvalue weighted by atomic mass is 10.1. The number of amides is 2. The zero-order valence-electron chi connectivity index (χ0n) is 10.3. The molecule has 0 aliphatic heterocycles. The molecule has 20 heavy (non-hydrogen) atoms. The number of hydrogen-bond donors (Lipinski definition) is 3. The molecule has 4 N–H and O–H groups in total. The number of carboxylic acid groups (broad SMARTS) is 2. The Morgan fingerprint density at radius 3 is 1.65 bits per heavy atom. The second kappa shape index (κ2) is 6.32. The maximum atomic E-state index is 12.0. The average molecular weight is 280 g/mol. The van der Waals surface area contributed by atoms with E-state index in [0.29, 0.717) is 4.90 Å². The average Bonchev–Trinajstić information content (AvgIpc) is 2.36. The summed E-state index contributed by atoms with van der Waals surface area (Å²) in [6, 6.07) is 5.16. The van der Waals surface area contributed by atoms with E-state index in [0.717, 1.165) is 0 Å². The maximum Gasteiger partial charge on any atom is 0.323 e. The van der Waals surface area contributed by atoms with Crippen LogP contribution in [-0.4, -0.2) is 52.0 Å². The van der Waals surface area contributed by atoms with Gasteiger partial charge in [-0.3, -0.25) is 19.2 Å². The number of carbonyl (C=O) groups excluding carboxylic acids is 2. The number of aliphatic carboxylic acids is 2. The van der Waals surface area contributed by atoms with Crippen LogP contribution < -0.4 is 5.73 Å². The molecule has 1 aromatic rings. The van der Waals surface area contributed by atoms with Gasteiger partial charge in [-0.2, -0.15) is 0 Å². The van der Waals surface area contributed by atoms with Crippen molar-refractivity contribution in [3.63, 3.8) is 0 Å². The first-order chi connectivity index (χ1) is 9.31. The highest BCUT2D eigenvalue weighted by Crippen LogP contribution is 2.07. The summed E-state index contributed by atoms with van der Waals surface area (Å²) in [6.07, 6.45) is 0. The number of nitrogens with two attached hydrogens (primary N) is 1. The first-order valence-electron chi connectivity index (χ1n) is 5.44. The van der Waals surface area contributed by atoms with Crippen molar-refractivity contribution >= 4 is 23.8 Å². The fourth-order valence-corrected chi connectivity index (χ4v) is 1.49. The van der Waals surface area contributed by atoms with Crippen LogP contribution >= 0.6 is 0 Å². The van der Waals surface area contributed by atoms with Crippen LogP contribution in [0.3, 0.4) is 0 Å². The molecule has 0 saturated heterocycles. The van der Waals surface area contributed by atoms with Crippen LogP contribution in [-0.2, 0) is 9.59 Å². The molecule has 0 atom stereocenters. The van der Waals surface area contributed by atoms with Gasteiger partial charge in [0.25, 0.3) is 5.91 Å². The van der Waals surface area contributed by atoms with Crippen molar-refractivity contribution in [2.45, 2.75) is 0 Å². The molecule has 0 aromatic heterocycles. The number of benzene rings is 1. The molecule has 0 radical (unpaired) electrons. The van der Waals surface area contributed by atoms with Crippen molar-refractivity contribution in [2.75, 3.05) is 13.1 Å². The first-order valence-corrected chi connectivity index (χ1v) is 5.44. The molecular weight excluding hydrogens is 268 g/mol. The lowest BCUT2D eigenvalue weighted by Crippen LogP contribution is -2.39. The van der Waals surface area contributed by atoms with Crippen LogP contribution in [0.4, 0.5) is 0 Å². The van der Waals surface area contributed by atoms with Crippen molar-refractivity contribution in [3.05, 3.63) is 35.4 Å². The Bertz CT molecular complexity index is 536. The van der Waals surface area contributed by atoms with E-state index in [1.54, 1.807) is 0 Å². The Balaban J connectivity index is 2.95. The molecule has 0 bridgehead atoms. The van der Waals surface area contributed by atoms with Crippen molar-refractivity contribution < 1.29 is 29.4 Å². The molecule has 8 heteroatoms. The van der Waals surface area contributed by atoms with E-state index >= 15 is 0 Å². The molecule has 0 aliphatic rings. The van der Waals surface area contributed by atoms with Gasteiger partial charge in [-0.05, 0) is 24.3 Å². The fraction of sp³-hybridized carbons (Fsp3) is 0.167. The lowest BCUT2D eigenvalue weighted by molar-refractivity contribution is -0.140. The summed E-state index contributed by atoms with van der Waals surface area (Å²) >= 11 is 0. The SMILES string of the molecule is NC(=O)c1ccc(C(=O)N(CC(=O)O)CC(=O)O)cc1. The van der Waals surface area contributed by atoms with E-state index in [1.807, 2.05) is 0 Å². The molecule has 0 fully saturated rings. The van der Waals surface area contributed by atoms with E-state index in [-0.39, 0.29) is 11.1 Å². The number of carbonyl (C=O) groups is 4. The van der Waals surface area contributed by atoms with Crippen LogP contribution in [0, 0.1) is 0 Å². The molecule has 8 nitrogen and oxygen atoms in total. The van der Waals surface area contributed by atoms with Gasteiger partial charge in [0.2, 0.25) is 5.91 Å². The van der Waals surface area contributed by atoms with E-state index in [1.165, 1.54) is 24.3 Å². The second-order valence-electron chi connectivity index (χ2n) is 3.89. The largest absolute Gasteiger partial charge is 0.480 e. The zero-order chi connectivity index (χ0) is 15.3. The van der Waals surface area contributed by atoms with Gasteiger partial charge in [0.15, 0.2) is 0 Å². The molecule has 106 valence electrons. The van der Waals surface area contributed by atoms with E-state index in [2.05, 4.69) is 0 Å². The van der Waals surface area contributed by atoms with Gasteiger partial charge < -0.3 is 20.8 Å². The summed E-state index contributed by atoms with van der Waals surface area (Å²) in [7, 11) is 0. The highest BCUT2D eigenvalue weighted by molar-refractivity contribution is 5.99.